The number of amides is 1. The van der Waals surface area contributed by atoms with Crippen molar-refractivity contribution in [3.05, 3.63) is 69.1 Å². The van der Waals surface area contributed by atoms with Gasteiger partial charge in [-0.15, -0.1) is 11.3 Å². The van der Waals surface area contributed by atoms with E-state index >= 15 is 0 Å². The number of aliphatic hydroxyl groups excluding tert-OH is 1. The van der Waals surface area contributed by atoms with E-state index in [-0.39, 0.29) is 17.7 Å². The quantitative estimate of drug-likeness (QED) is 0.741. The average molecular weight is 343 g/mol. The summed E-state index contributed by atoms with van der Waals surface area (Å²) >= 11 is 1.35. The Morgan fingerprint density at radius 3 is 2.88 bits per heavy atom. The zero-order chi connectivity index (χ0) is 17.1. The van der Waals surface area contributed by atoms with Crippen molar-refractivity contribution in [3.63, 3.8) is 0 Å². The van der Waals surface area contributed by atoms with Gasteiger partial charge in [-0.05, 0) is 18.9 Å². The molecule has 6 nitrogen and oxygen atoms in total. The molecule has 0 saturated carbocycles. The van der Waals surface area contributed by atoms with Gasteiger partial charge < -0.3 is 10.4 Å². The summed E-state index contributed by atoms with van der Waals surface area (Å²) in [6.45, 7) is 2.06. The van der Waals surface area contributed by atoms with E-state index in [2.05, 4.69) is 10.3 Å². The van der Waals surface area contributed by atoms with E-state index in [1.807, 2.05) is 35.7 Å². The standard InChI is InChI=1S/C17H17N3O3S/c1-11-10-24-17-19-9-13(16(23)20(11)17)15(22)18-8-7-14(21)12-5-3-2-4-6-12/h2-6,9-10,14,21H,7-8H2,1H3,(H,18,22). The normalized spacial score (nSPS) is 12.2. The lowest BCUT2D eigenvalue weighted by molar-refractivity contribution is 0.0940. The third kappa shape index (κ3) is 3.22. The van der Waals surface area contributed by atoms with Crippen molar-refractivity contribution < 1.29 is 9.90 Å². The molecule has 1 atom stereocenters. The van der Waals surface area contributed by atoms with Crippen LogP contribution in [0.25, 0.3) is 4.96 Å². The molecule has 0 bridgehead atoms. The van der Waals surface area contributed by atoms with Crippen LogP contribution in [0, 0.1) is 6.92 Å². The molecular weight excluding hydrogens is 326 g/mol. The molecule has 2 heterocycles. The second-order valence-corrected chi connectivity index (χ2v) is 6.28. The average Bonchev–Trinajstić information content (AvgIpc) is 2.97. The van der Waals surface area contributed by atoms with E-state index in [1.165, 1.54) is 21.9 Å². The first-order chi connectivity index (χ1) is 11.6. The Balaban J connectivity index is 1.66. The van der Waals surface area contributed by atoms with Crippen LogP contribution in [0.1, 0.15) is 34.1 Å². The highest BCUT2D eigenvalue weighted by molar-refractivity contribution is 7.15. The van der Waals surface area contributed by atoms with Crippen LogP contribution in [0.15, 0.2) is 46.7 Å². The van der Waals surface area contributed by atoms with Crippen molar-refractivity contribution >= 4 is 22.2 Å². The van der Waals surface area contributed by atoms with Crippen LogP contribution < -0.4 is 10.9 Å². The minimum Gasteiger partial charge on any atom is -0.388 e. The number of hydrogen-bond acceptors (Lipinski definition) is 5. The Bertz CT molecular complexity index is 918. The molecule has 0 spiro atoms. The number of nitrogens with zero attached hydrogens (tertiary/aromatic N) is 2. The fourth-order valence-electron chi connectivity index (χ4n) is 2.44. The van der Waals surface area contributed by atoms with Gasteiger partial charge in [-0.25, -0.2) is 4.98 Å². The molecule has 2 aromatic heterocycles. The molecular formula is C17H17N3O3S. The van der Waals surface area contributed by atoms with Crippen LogP contribution in [-0.4, -0.2) is 26.9 Å². The number of aromatic nitrogens is 2. The highest BCUT2D eigenvalue weighted by atomic mass is 32.1. The Morgan fingerprint density at radius 1 is 1.38 bits per heavy atom. The van der Waals surface area contributed by atoms with Gasteiger partial charge in [-0.1, -0.05) is 30.3 Å². The number of benzene rings is 1. The van der Waals surface area contributed by atoms with Gasteiger partial charge in [0.15, 0.2) is 4.96 Å². The third-order valence-corrected chi connectivity index (χ3v) is 4.71. The zero-order valence-corrected chi connectivity index (χ0v) is 13.9. The van der Waals surface area contributed by atoms with Gasteiger partial charge in [0.05, 0.1) is 6.10 Å². The summed E-state index contributed by atoms with van der Waals surface area (Å²) in [5.74, 6) is -0.479. The molecule has 0 aliphatic heterocycles. The molecule has 3 aromatic rings. The highest BCUT2D eigenvalue weighted by Crippen LogP contribution is 2.15. The number of rotatable bonds is 5. The lowest BCUT2D eigenvalue weighted by Crippen LogP contribution is -2.32. The molecule has 0 aliphatic carbocycles. The summed E-state index contributed by atoms with van der Waals surface area (Å²) in [6.07, 6.45) is 1.01. The van der Waals surface area contributed by atoms with Gasteiger partial charge in [-0.3, -0.25) is 14.0 Å². The number of fused-ring (bicyclic) bond motifs is 1. The molecule has 0 fully saturated rings. The molecule has 0 saturated heterocycles. The summed E-state index contributed by atoms with van der Waals surface area (Å²) in [6, 6.07) is 9.23. The van der Waals surface area contributed by atoms with Crippen LogP contribution in [0.3, 0.4) is 0 Å². The SMILES string of the molecule is Cc1csc2ncc(C(=O)NCCC(O)c3ccccc3)c(=O)n12. The van der Waals surface area contributed by atoms with Crippen LogP contribution in [0.5, 0.6) is 0 Å². The first-order valence-electron chi connectivity index (χ1n) is 7.55. The second-order valence-electron chi connectivity index (χ2n) is 5.44. The summed E-state index contributed by atoms with van der Waals surface area (Å²) in [5, 5.41) is 14.6. The minimum absolute atomic E-state index is 0.00296. The monoisotopic (exact) mass is 343 g/mol. The lowest BCUT2D eigenvalue weighted by Gasteiger charge is -2.11. The van der Waals surface area contributed by atoms with Gasteiger partial charge >= 0.3 is 0 Å². The molecule has 1 aromatic carbocycles. The molecule has 0 aliphatic rings. The largest absolute Gasteiger partial charge is 0.388 e. The van der Waals surface area contributed by atoms with Crippen LogP contribution in [0.2, 0.25) is 0 Å². The first kappa shape index (κ1) is 16.4. The minimum atomic E-state index is -0.660. The Kier molecular flexibility index (Phi) is 4.73. The maximum absolute atomic E-state index is 12.4. The second kappa shape index (κ2) is 6.94. The maximum atomic E-state index is 12.4. The van der Waals surface area contributed by atoms with Crippen molar-refractivity contribution in [2.45, 2.75) is 19.4 Å². The van der Waals surface area contributed by atoms with Crippen molar-refractivity contribution in [2.75, 3.05) is 6.54 Å². The number of aryl methyl sites for hydroxylation is 1. The van der Waals surface area contributed by atoms with Crippen LogP contribution in [0.4, 0.5) is 0 Å². The van der Waals surface area contributed by atoms with Crippen molar-refractivity contribution in [2.24, 2.45) is 0 Å². The van der Waals surface area contributed by atoms with E-state index < -0.39 is 12.0 Å². The lowest BCUT2D eigenvalue weighted by atomic mass is 10.1. The highest BCUT2D eigenvalue weighted by Gasteiger charge is 2.15. The molecule has 124 valence electrons. The molecule has 7 heteroatoms. The Morgan fingerprint density at radius 2 is 2.12 bits per heavy atom. The Labute approximate surface area is 142 Å². The summed E-state index contributed by atoms with van der Waals surface area (Å²) < 4.78 is 1.43. The summed E-state index contributed by atoms with van der Waals surface area (Å²) in [5.41, 5.74) is 1.17. The van der Waals surface area contributed by atoms with Gasteiger partial charge in [0.2, 0.25) is 0 Å². The number of thiazole rings is 1. The fourth-order valence-corrected chi connectivity index (χ4v) is 3.27. The van der Waals surface area contributed by atoms with Gasteiger partial charge in [0.1, 0.15) is 5.56 Å². The molecule has 0 radical (unpaired) electrons. The van der Waals surface area contributed by atoms with E-state index in [0.717, 1.165) is 11.3 Å². The molecule has 3 rings (SSSR count). The van der Waals surface area contributed by atoms with Gasteiger partial charge in [-0.2, -0.15) is 0 Å². The number of carbonyl (C=O) groups is 1. The van der Waals surface area contributed by atoms with Crippen LogP contribution >= 0.6 is 11.3 Å². The van der Waals surface area contributed by atoms with E-state index in [1.54, 1.807) is 6.92 Å². The van der Waals surface area contributed by atoms with Crippen LogP contribution in [-0.2, 0) is 0 Å². The van der Waals surface area contributed by atoms with Crippen molar-refractivity contribution in [1.82, 2.24) is 14.7 Å². The molecule has 1 amide bonds. The van der Waals surface area contributed by atoms with E-state index in [9.17, 15) is 14.7 Å². The predicted octanol–water partition coefficient (Wildman–Crippen LogP) is 1.92. The summed E-state index contributed by atoms with van der Waals surface area (Å²) in [7, 11) is 0. The molecule has 24 heavy (non-hydrogen) atoms. The number of carbonyl (C=O) groups excluding carboxylic acids is 1. The van der Waals surface area contributed by atoms with E-state index in [4.69, 9.17) is 0 Å². The van der Waals surface area contributed by atoms with Crippen molar-refractivity contribution in [3.8, 4) is 0 Å². The first-order valence-corrected chi connectivity index (χ1v) is 8.43. The Hall–Kier alpha value is -2.51. The van der Waals surface area contributed by atoms with Gasteiger partial charge in [0.25, 0.3) is 11.5 Å². The smallest absolute Gasteiger partial charge is 0.271 e. The van der Waals surface area contributed by atoms with E-state index in [0.29, 0.717) is 11.4 Å². The maximum Gasteiger partial charge on any atom is 0.271 e. The fraction of sp³-hybridized carbons (Fsp3) is 0.235. The van der Waals surface area contributed by atoms with Gasteiger partial charge in [0, 0.05) is 23.8 Å². The summed E-state index contributed by atoms with van der Waals surface area (Å²) in [4.78, 5) is 29.3. The third-order valence-electron chi connectivity index (χ3n) is 3.75. The zero-order valence-electron chi connectivity index (χ0n) is 13.1. The molecule has 1 unspecified atom stereocenters. The number of nitrogens with one attached hydrogen (secondary N) is 1. The van der Waals surface area contributed by atoms with Crippen molar-refractivity contribution in [1.29, 1.82) is 0 Å². The topological polar surface area (TPSA) is 83.7 Å². The number of aliphatic hydroxyl groups is 1. The molecule has 2 N–H and O–H groups in total. The number of hydrogen-bond donors (Lipinski definition) is 2. The predicted molar refractivity (Wildman–Crippen MR) is 92.4 cm³/mol.